The molecule has 1 unspecified atom stereocenters. The lowest BCUT2D eigenvalue weighted by Gasteiger charge is -2.32. The number of nitrogens with two attached hydrogens (primary N) is 2. The smallest absolute Gasteiger partial charge is 0.153 e. The molecule has 0 radical (unpaired) electrons. The van der Waals surface area contributed by atoms with Crippen molar-refractivity contribution in [2.45, 2.75) is 51.1 Å². The second kappa shape index (κ2) is 7.25. The largest absolute Gasteiger partial charge is 0.322 e. The summed E-state index contributed by atoms with van der Waals surface area (Å²) in [5, 5.41) is 2.99. The predicted molar refractivity (Wildman–Crippen MR) is 96.2 cm³/mol. The van der Waals surface area contributed by atoms with Crippen molar-refractivity contribution < 1.29 is 4.79 Å². The van der Waals surface area contributed by atoms with Gasteiger partial charge in [-0.25, -0.2) is 0 Å². The van der Waals surface area contributed by atoms with Crippen LogP contribution in [0.2, 0.25) is 0 Å². The Morgan fingerprint density at radius 1 is 1.21 bits per heavy atom. The SMILES string of the molecule is CC(C)/C=C(\C=C/C(C)C(=O)CN1C[C@]2(N)CCC[C@]2(N)C1)N=O. The van der Waals surface area contributed by atoms with Crippen molar-refractivity contribution in [2.24, 2.45) is 28.5 Å². The first-order chi connectivity index (χ1) is 11.2. The Morgan fingerprint density at radius 2 is 1.79 bits per heavy atom. The number of ketones is 1. The minimum atomic E-state index is -0.360. The van der Waals surface area contributed by atoms with E-state index in [1.807, 2.05) is 20.8 Å². The Labute approximate surface area is 144 Å². The summed E-state index contributed by atoms with van der Waals surface area (Å²) >= 11 is 0. The molecule has 1 aliphatic carbocycles. The number of hydrogen-bond donors (Lipinski definition) is 2. The molecule has 24 heavy (non-hydrogen) atoms. The van der Waals surface area contributed by atoms with E-state index in [-0.39, 0.29) is 28.7 Å². The van der Waals surface area contributed by atoms with Crippen LogP contribution in [0, 0.1) is 16.7 Å². The minimum Gasteiger partial charge on any atom is -0.322 e. The van der Waals surface area contributed by atoms with Crippen LogP contribution in [0.25, 0.3) is 0 Å². The average molecular weight is 334 g/mol. The van der Waals surface area contributed by atoms with Crippen LogP contribution in [0.1, 0.15) is 40.0 Å². The van der Waals surface area contributed by atoms with Crippen molar-refractivity contribution in [3.8, 4) is 0 Å². The molecule has 0 amide bonds. The third-order valence-corrected chi connectivity index (χ3v) is 5.30. The number of carbonyl (C=O) groups is 1. The molecule has 0 aromatic heterocycles. The van der Waals surface area contributed by atoms with Gasteiger partial charge in [-0.1, -0.05) is 32.9 Å². The molecule has 6 heteroatoms. The number of Topliss-reactive ketones (excluding diaryl/α,β-unsaturated/α-hetero) is 1. The van der Waals surface area contributed by atoms with Crippen molar-refractivity contribution >= 4 is 5.78 Å². The van der Waals surface area contributed by atoms with Crippen LogP contribution in [0.15, 0.2) is 29.1 Å². The highest BCUT2D eigenvalue weighted by atomic mass is 16.3. The highest BCUT2D eigenvalue weighted by Gasteiger charge is 2.56. The lowest BCUT2D eigenvalue weighted by molar-refractivity contribution is -0.122. The average Bonchev–Trinajstić information content (AvgIpc) is 2.89. The standard InChI is InChI=1S/C18H30N4O2/c1-13(2)9-15(21-24)6-5-14(3)16(23)10-22-11-17(19)7-4-8-18(17,20)12-22/h5-6,9,13-14H,4,7-8,10-12,19-20H2,1-3H3/b6-5-,15-9+/t14?,17-,18+. The Hall–Kier alpha value is -1.37. The van der Waals surface area contributed by atoms with E-state index in [1.54, 1.807) is 18.2 Å². The maximum absolute atomic E-state index is 12.4. The van der Waals surface area contributed by atoms with Gasteiger partial charge in [0.05, 0.1) is 6.54 Å². The number of likely N-dealkylation sites (tertiary alicyclic amines) is 1. The number of allylic oxidation sites excluding steroid dienone is 3. The van der Waals surface area contributed by atoms with Crippen LogP contribution in [-0.2, 0) is 4.79 Å². The van der Waals surface area contributed by atoms with Gasteiger partial charge in [0.15, 0.2) is 5.78 Å². The summed E-state index contributed by atoms with van der Waals surface area (Å²) in [6, 6.07) is 0. The molecule has 2 fully saturated rings. The van der Waals surface area contributed by atoms with Crippen molar-refractivity contribution in [3.05, 3.63) is 28.8 Å². The lowest BCUT2D eigenvalue weighted by atomic mass is 9.85. The normalized spacial score (nSPS) is 32.5. The first-order valence-electron chi connectivity index (χ1n) is 8.75. The fourth-order valence-corrected chi connectivity index (χ4v) is 3.83. The Kier molecular flexibility index (Phi) is 5.73. The molecule has 6 nitrogen and oxygen atoms in total. The van der Waals surface area contributed by atoms with Crippen LogP contribution in [0.5, 0.6) is 0 Å². The molecular weight excluding hydrogens is 304 g/mol. The third kappa shape index (κ3) is 3.99. The van der Waals surface area contributed by atoms with Crippen LogP contribution >= 0.6 is 0 Å². The molecule has 1 heterocycles. The first kappa shape index (κ1) is 19.0. The molecule has 0 spiro atoms. The van der Waals surface area contributed by atoms with E-state index in [1.165, 1.54) is 0 Å². The summed E-state index contributed by atoms with van der Waals surface area (Å²) in [6.45, 7) is 7.50. The number of rotatable bonds is 7. The number of nitroso groups, excluding NO2 is 1. The zero-order valence-electron chi connectivity index (χ0n) is 15.0. The van der Waals surface area contributed by atoms with Gasteiger partial charge in [0.1, 0.15) is 5.70 Å². The molecule has 0 bridgehead atoms. The molecule has 2 aliphatic rings. The van der Waals surface area contributed by atoms with E-state index in [4.69, 9.17) is 11.5 Å². The van der Waals surface area contributed by atoms with E-state index in [0.29, 0.717) is 25.3 Å². The van der Waals surface area contributed by atoms with Gasteiger partial charge in [-0.3, -0.25) is 9.69 Å². The van der Waals surface area contributed by atoms with Gasteiger partial charge < -0.3 is 11.5 Å². The Bertz CT molecular complexity index is 539. The van der Waals surface area contributed by atoms with Crippen molar-refractivity contribution in [3.63, 3.8) is 0 Å². The second-order valence-electron chi connectivity index (χ2n) is 7.85. The van der Waals surface area contributed by atoms with E-state index >= 15 is 0 Å². The number of hydrogen-bond acceptors (Lipinski definition) is 6. The highest BCUT2D eigenvalue weighted by Crippen LogP contribution is 2.41. The maximum atomic E-state index is 12.4. The minimum absolute atomic E-state index is 0.105. The predicted octanol–water partition coefficient (Wildman–Crippen LogP) is 1.95. The van der Waals surface area contributed by atoms with Gasteiger partial charge in [0.25, 0.3) is 0 Å². The van der Waals surface area contributed by atoms with Gasteiger partial charge in [0.2, 0.25) is 0 Å². The molecule has 3 atom stereocenters. The van der Waals surface area contributed by atoms with E-state index in [0.717, 1.165) is 19.3 Å². The number of carbonyl (C=O) groups excluding carboxylic acids is 1. The molecule has 134 valence electrons. The summed E-state index contributed by atoms with van der Waals surface area (Å²) in [5.41, 5.74) is 12.6. The van der Waals surface area contributed by atoms with Gasteiger partial charge in [-0.05, 0) is 36.4 Å². The highest BCUT2D eigenvalue weighted by molar-refractivity contribution is 5.84. The monoisotopic (exact) mass is 334 g/mol. The maximum Gasteiger partial charge on any atom is 0.153 e. The van der Waals surface area contributed by atoms with Gasteiger partial charge in [0, 0.05) is 30.1 Å². The van der Waals surface area contributed by atoms with Crippen LogP contribution < -0.4 is 11.5 Å². The van der Waals surface area contributed by atoms with E-state index < -0.39 is 0 Å². The molecule has 0 aromatic carbocycles. The first-order valence-corrected chi connectivity index (χ1v) is 8.75. The summed E-state index contributed by atoms with van der Waals surface area (Å²) in [5.74, 6) is 0.0669. The van der Waals surface area contributed by atoms with Crippen molar-refractivity contribution in [1.29, 1.82) is 0 Å². The van der Waals surface area contributed by atoms with Gasteiger partial charge >= 0.3 is 0 Å². The topological polar surface area (TPSA) is 102 Å². The van der Waals surface area contributed by atoms with Crippen LogP contribution in [-0.4, -0.2) is 41.4 Å². The number of nitrogens with zero attached hydrogens (tertiary/aromatic N) is 2. The Morgan fingerprint density at radius 3 is 2.29 bits per heavy atom. The molecular formula is C18H30N4O2. The molecule has 2 rings (SSSR count). The summed E-state index contributed by atoms with van der Waals surface area (Å²) in [6.07, 6.45) is 8.07. The van der Waals surface area contributed by atoms with Crippen LogP contribution in [0.3, 0.4) is 0 Å². The fourth-order valence-electron chi connectivity index (χ4n) is 3.83. The van der Waals surface area contributed by atoms with Crippen molar-refractivity contribution in [1.82, 2.24) is 4.90 Å². The van der Waals surface area contributed by atoms with Gasteiger partial charge in [-0.15, -0.1) is 4.91 Å². The van der Waals surface area contributed by atoms with Crippen molar-refractivity contribution in [2.75, 3.05) is 19.6 Å². The fraction of sp³-hybridized carbons (Fsp3) is 0.722. The quantitative estimate of drug-likeness (QED) is 0.547. The zero-order valence-corrected chi connectivity index (χ0v) is 15.0. The van der Waals surface area contributed by atoms with Gasteiger partial charge in [-0.2, -0.15) is 0 Å². The summed E-state index contributed by atoms with van der Waals surface area (Å²) in [7, 11) is 0. The molecule has 1 saturated carbocycles. The Balaban J connectivity index is 1.92. The molecule has 1 aliphatic heterocycles. The third-order valence-electron chi connectivity index (χ3n) is 5.30. The van der Waals surface area contributed by atoms with E-state index in [9.17, 15) is 9.70 Å². The molecule has 4 N–H and O–H groups in total. The zero-order chi connectivity index (χ0) is 18.0. The summed E-state index contributed by atoms with van der Waals surface area (Å²) in [4.78, 5) is 25.3. The molecule has 1 saturated heterocycles. The summed E-state index contributed by atoms with van der Waals surface area (Å²) < 4.78 is 0. The lowest BCUT2D eigenvalue weighted by Crippen LogP contribution is -2.61. The molecule has 0 aromatic rings. The van der Waals surface area contributed by atoms with E-state index in [2.05, 4.69) is 10.1 Å². The second-order valence-corrected chi connectivity index (χ2v) is 7.85. The van der Waals surface area contributed by atoms with Crippen LogP contribution in [0.4, 0.5) is 0 Å². The number of fused-ring (bicyclic) bond motifs is 1.